The predicted molar refractivity (Wildman–Crippen MR) is 54.8 cm³/mol. The van der Waals surface area contributed by atoms with Gasteiger partial charge in [0, 0.05) is 6.07 Å². The molecule has 5 nitrogen and oxygen atoms in total. The number of hydrogen-bond donors (Lipinski definition) is 1. The molecule has 0 unspecified atom stereocenters. The molecular formula is C11H6F2N2O3. The third-order valence-electron chi connectivity index (χ3n) is 2.16. The lowest BCUT2D eigenvalue weighted by atomic mass is 10.1. The highest BCUT2D eigenvalue weighted by Crippen LogP contribution is 2.15. The highest BCUT2D eigenvalue weighted by Gasteiger charge is 2.20. The Balaban J connectivity index is 2.41. The fourth-order valence-corrected chi connectivity index (χ4v) is 1.30. The minimum absolute atomic E-state index is 0.268. The van der Waals surface area contributed by atoms with E-state index in [-0.39, 0.29) is 5.69 Å². The number of benzene rings is 1. The molecule has 0 atom stereocenters. The number of halogens is 2. The Morgan fingerprint density at radius 2 is 1.94 bits per heavy atom. The first-order valence-corrected chi connectivity index (χ1v) is 4.75. The summed E-state index contributed by atoms with van der Waals surface area (Å²) in [6.07, 6.45) is 0. The van der Waals surface area contributed by atoms with Crippen LogP contribution in [0.15, 0.2) is 28.8 Å². The first-order valence-electron chi connectivity index (χ1n) is 4.75. The normalized spacial score (nSPS) is 10.3. The molecular weight excluding hydrogens is 246 g/mol. The van der Waals surface area contributed by atoms with Crippen LogP contribution in [0.5, 0.6) is 0 Å². The molecule has 2 N–H and O–H groups in total. The first kappa shape index (κ1) is 11.9. The van der Waals surface area contributed by atoms with E-state index in [9.17, 15) is 18.4 Å². The van der Waals surface area contributed by atoms with Gasteiger partial charge in [0.2, 0.25) is 11.5 Å². The lowest BCUT2D eigenvalue weighted by molar-refractivity contribution is 0.0977. The molecule has 92 valence electrons. The molecule has 1 aromatic carbocycles. The highest BCUT2D eigenvalue weighted by molar-refractivity contribution is 6.08. The Morgan fingerprint density at radius 1 is 1.22 bits per heavy atom. The summed E-state index contributed by atoms with van der Waals surface area (Å²) >= 11 is 0. The number of nitrogens with two attached hydrogens (primary N) is 1. The molecule has 2 aromatic rings. The summed E-state index contributed by atoms with van der Waals surface area (Å²) in [5.41, 5.74) is 4.13. The van der Waals surface area contributed by atoms with Crippen molar-refractivity contribution in [2.45, 2.75) is 0 Å². The number of amides is 1. The van der Waals surface area contributed by atoms with Crippen LogP contribution in [0.3, 0.4) is 0 Å². The molecule has 0 saturated carbocycles. The molecule has 0 aliphatic carbocycles. The standard InChI is InChI=1S/C11H6F2N2O3/c12-5-1-2-7(13)6(3-5)10(16)9-4-8(11(14)17)15-18-9/h1-4H,(H2,14,17). The van der Waals surface area contributed by atoms with Crippen molar-refractivity contribution in [3.63, 3.8) is 0 Å². The van der Waals surface area contributed by atoms with E-state index in [2.05, 4.69) is 9.68 Å². The van der Waals surface area contributed by atoms with Crippen LogP contribution < -0.4 is 5.73 Å². The number of nitrogens with zero attached hydrogens (tertiary/aromatic N) is 1. The van der Waals surface area contributed by atoms with Gasteiger partial charge in [0.1, 0.15) is 11.6 Å². The number of primary amides is 1. The molecule has 0 aliphatic heterocycles. The van der Waals surface area contributed by atoms with Crippen molar-refractivity contribution in [1.29, 1.82) is 0 Å². The second-order valence-corrected chi connectivity index (χ2v) is 3.39. The zero-order valence-electron chi connectivity index (χ0n) is 8.81. The molecule has 0 bridgehead atoms. The second-order valence-electron chi connectivity index (χ2n) is 3.39. The average Bonchev–Trinajstić information content (AvgIpc) is 2.81. The lowest BCUT2D eigenvalue weighted by Gasteiger charge is -1.98. The summed E-state index contributed by atoms with van der Waals surface area (Å²) in [5.74, 6) is -3.88. The number of aromatic nitrogens is 1. The van der Waals surface area contributed by atoms with Gasteiger partial charge in [-0.3, -0.25) is 9.59 Å². The number of carbonyl (C=O) groups excluding carboxylic acids is 2. The fourth-order valence-electron chi connectivity index (χ4n) is 1.30. The van der Waals surface area contributed by atoms with Crippen molar-refractivity contribution in [1.82, 2.24) is 5.16 Å². The van der Waals surface area contributed by atoms with Crippen LogP contribution in [0.2, 0.25) is 0 Å². The van der Waals surface area contributed by atoms with Gasteiger partial charge in [-0.15, -0.1) is 0 Å². The van der Waals surface area contributed by atoms with Crippen LogP contribution in [0.25, 0.3) is 0 Å². The topological polar surface area (TPSA) is 86.2 Å². The molecule has 0 saturated heterocycles. The van der Waals surface area contributed by atoms with Crippen LogP contribution in [0.4, 0.5) is 8.78 Å². The third-order valence-corrected chi connectivity index (χ3v) is 2.16. The number of rotatable bonds is 3. The maximum absolute atomic E-state index is 13.3. The number of carbonyl (C=O) groups is 2. The molecule has 1 aromatic heterocycles. The molecule has 0 fully saturated rings. The van der Waals surface area contributed by atoms with E-state index in [1.807, 2.05) is 0 Å². The van der Waals surface area contributed by atoms with E-state index >= 15 is 0 Å². The van der Waals surface area contributed by atoms with E-state index in [1.54, 1.807) is 0 Å². The van der Waals surface area contributed by atoms with Crippen molar-refractivity contribution in [2.75, 3.05) is 0 Å². The van der Waals surface area contributed by atoms with E-state index < -0.39 is 34.6 Å². The van der Waals surface area contributed by atoms with E-state index in [4.69, 9.17) is 5.73 Å². The van der Waals surface area contributed by atoms with Crippen molar-refractivity contribution < 1.29 is 22.9 Å². The van der Waals surface area contributed by atoms with Crippen LogP contribution in [0.1, 0.15) is 26.6 Å². The monoisotopic (exact) mass is 252 g/mol. The first-order chi connectivity index (χ1) is 8.49. The van der Waals surface area contributed by atoms with Crippen LogP contribution in [-0.2, 0) is 0 Å². The zero-order valence-corrected chi connectivity index (χ0v) is 8.81. The Hall–Kier alpha value is -2.57. The smallest absolute Gasteiger partial charge is 0.270 e. The van der Waals surface area contributed by atoms with E-state index in [0.717, 1.165) is 24.3 Å². The molecule has 0 aliphatic rings. The minimum Gasteiger partial charge on any atom is -0.364 e. The molecule has 1 heterocycles. The van der Waals surface area contributed by atoms with Gasteiger partial charge in [-0.05, 0) is 18.2 Å². The predicted octanol–water partition coefficient (Wildman–Crippen LogP) is 1.28. The lowest BCUT2D eigenvalue weighted by Crippen LogP contribution is -2.11. The summed E-state index contributed by atoms with van der Waals surface area (Å²) in [6.45, 7) is 0. The van der Waals surface area contributed by atoms with E-state index in [0.29, 0.717) is 0 Å². The Bertz CT molecular complexity index is 637. The third kappa shape index (κ3) is 2.10. The maximum Gasteiger partial charge on any atom is 0.270 e. The van der Waals surface area contributed by atoms with E-state index in [1.165, 1.54) is 0 Å². The number of hydrogen-bond acceptors (Lipinski definition) is 4. The number of ketones is 1. The van der Waals surface area contributed by atoms with Crippen molar-refractivity contribution in [3.05, 3.63) is 52.9 Å². The summed E-state index contributed by atoms with van der Waals surface area (Å²) < 4.78 is 30.8. The van der Waals surface area contributed by atoms with Gasteiger partial charge in [0.25, 0.3) is 5.91 Å². The molecule has 2 rings (SSSR count). The molecule has 0 radical (unpaired) electrons. The largest absolute Gasteiger partial charge is 0.364 e. The molecule has 7 heteroatoms. The second kappa shape index (κ2) is 4.36. The van der Waals surface area contributed by atoms with Gasteiger partial charge in [-0.1, -0.05) is 5.16 Å². The Kier molecular flexibility index (Phi) is 2.88. The van der Waals surface area contributed by atoms with Gasteiger partial charge in [0.15, 0.2) is 5.69 Å². The van der Waals surface area contributed by atoms with Gasteiger partial charge in [-0.25, -0.2) is 8.78 Å². The molecule has 0 spiro atoms. The van der Waals surface area contributed by atoms with Crippen LogP contribution in [-0.4, -0.2) is 16.8 Å². The quantitative estimate of drug-likeness (QED) is 0.833. The highest BCUT2D eigenvalue weighted by atomic mass is 19.1. The molecule has 18 heavy (non-hydrogen) atoms. The van der Waals surface area contributed by atoms with Gasteiger partial charge >= 0.3 is 0 Å². The van der Waals surface area contributed by atoms with Gasteiger partial charge < -0.3 is 10.3 Å². The van der Waals surface area contributed by atoms with Crippen LogP contribution in [0, 0.1) is 11.6 Å². The van der Waals surface area contributed by atoms with Crippen molar-refractivity contribution in [3.8, 4) is 0 Å². The minimum atomic E-state index is -0.924. The summed E-state index contributed by atoms with van der Waals surface area (Å²) in [6, 6.07) is 3.38. The van der Waals surface area contributed by atoms with Gasteiger partial charge in [-0.2, -0.15) is 0 Å². The zero-order chi connectivity index (χ0) is 13.3. The van der Waals surface area contributed by atoms with Gasteiger partial charge in [0.05, 0.1) is 5.56 Å². The summed E-state index contributed by atoms with van der Waals surface area (Å²) in [4.78, 5) is 22.5. The summed E-state index contributed by atoms with van der Waals surface area (Å²) in [5, 5.41) is 3.23. The summed E-state index contributed by atoms with van der Waals surface area (Å²) in [7, 11) is 0. The fraction of sp³-hybridized carbons (Fsp3) is 0. The maximum atomic E-state index is 13.3. The molecule has 1 amide bonds. The van der Waals surface area contributed by atoms with Crippen molar-refractivity contribution >= 4 is 11.7 Å². The Morgan fingerprint density at radius 3 is 2.56 bits per heavy atom. The van der Waals surface area contributed by atoms with Crippen molar-refractivity contribution in [2.24, 2.45) is 5.73 Å². The average molecular weight is 252 g/mol. The SMILES string of the molecule is NC(=O)c1cc(C(=O)c2cc(F)ccc2F)on1. The van der Waals surface area contributed by atoms with Crippen LogP contribution >= 0.6 is 0 Å². The Labute approximate surface area is 99.2 Å².